The third-order valence-electron chi connectivity index (χ3n) is 4.32. The molecule has 0 bridgehead atoms. The summed E-state index contributed by atoms with van der Waals surface area (Å²) in [5, 5.41) is 6.02. The van der Waals surface area contributed by atoms with Crippen molar-refractivity contribution in [1.82, 2.24) is 14.4 Å². The molecule has 3 aromatic heterocycles. The van der Waals surface area contributed by atoms with Gasteiger partial charge >= 0.3 is 0 Å². The van der Waals surface area contributed by atoms with Crippen LogP contribution in [0.5, 0.6) is 0 Å². The molecule has 0 aliphatic rings. The van der Waals surface area contributed by atoms with Crippen molar-refractivity contribution in [1.29, 1.82) is 0 Å². The Bertz CT molecular complexity index is 1190. The number of aromatic amines is 1. The Hall–Kier alpha value is -3.38. The first kappa shape index (κ1) is 14.9. The van der Waals surface area contributed by atoms with E-state index in [4.69, 9.17) is 0 Å². The zero-order valence-electron chi connectivity index (χ0n) is 13.6. The van der Waals surface area contributed by atoms with Crippen molar-refractivity contribution in [3.63, 3.8) is 0 Å². The molecule has 0 saturated heterocycles. The highest BCUT2D eigenvalue weighted by atomic mass is 32.1. The molecule has 1 amide bonds. The fourth-order valence-electron chi connectivity index (χ4n) is 3.06. The van der Waals surface area contributed by atoms with Gasteiger partial charge in [-0.2, -0.15) is 0 Å². The van der Waals surface area contributed by atoms with Gasteiger partial charge in [0.15, 0.2) is 4.96 Å². The number of nitrogens with one attached hydrogen (secondary N) is 2. The number of imidazole rings is 1. The lowest BCUT2D eigenvalue weighted by Crippen LogP contribution is -2.12. The molecule has 126 valence electrons. The largest absolute Gasteiger partial charge is 0.351 e. The van der Waals surface area contributed by atoms with Gasteiger partial charge in [-0.25, -0.2) is 4.98 Å². The lowest BCUT2D eigenvalue weighted by molar-refractivity contribution is 0.102. The van der Waals surface area contributed by atoms with Crippen LogP contribution in [0.4, 0.5) is 5.69 Å². The van der Waals surface area contributed by atoms with E-state index in [1.165, 1.54) is 0 Å². The first-order valence-electron chi connectivity index (χ1n) is 8.19. The van der Waals surface area contributed by atoms with Crippen LogP contribution in [-0.4, -0.2) is 20.3 Å². The smallest absolute Gasteiger partial charge is 0.272 e. The molecule has 0 aliphatic heterocycles. The molecule has 0 unspecified atom stereocenters. The van der Waals surface area contributed by atoms with E-state index < -0.39 is 0 Å². The number of benzene rings is 2. The molecule has 26 heavy (non-hydrogen) atoms. The molecule has 5 nitrogen and oxygen atoms in total. The molecule has 2 N–H and O–H groups in total. The van der Waals surface area contributed by atoms with Crippen molar-refractivity contribution in [2.24, 2.45) is 0 Å². The van der Waals surface area contributed by atoms with E-state index in [2.05, 4.69) is 15.3 Å². The van der Waals surface area contributed by atoms with Gasteiger partial charge in [0.2, 0.25) is 0 Å². The van der Waals surface area contributed by atoms with Crippen LogP contribution in [0.1, 0.15) is 10.5 Å². The maximum absolute atomic E-state index is 12.7. The number of H-pyrrole nitrogens is 1. The van der Waals surface area contributed by atoms with Crippen LogP contribution in [0.25, 0.3) is 27.1 Å². The van der Waals surface area contributed by atoms with Gasteiger partial charge in [0.1, 0.15) is 5.69 Å². The molecule has 0 spiro atoms. The highest BCUT2D eigenvalue weighted by Crippen LogP contribution is 2.29. The number of anilines is 1. The molecule has 0 fully saturated rings. The van der Waals surface area contributed by atoms with Crippen LogP contribution in [0, 0.1) is 0 Å². The first-order valence-corrected chi connectivity index (χ1v) is 9.06. The number of amides is 1. The molecule has 0 atom stereocenters. The summed E-state index contributed by atoms with van der Waals surface area (Å²) >= 11 is 1.58. The van der Waals surface area contributed by atoms with Crippen molar-refractivity contribution in [2.45, 2.75) is 0 Å². The highest BCUT2D eigenvalue weighted by molar-refractivity contribution is 7.15. The predicted octanol–water partition coefficient (Wildman–Crippen LogP) is 4.80. The number of carbonyl (C=O) groups excluding carboxylic acids is 1. The van der Waals surface area contributed by atoms with E-state index in [9.17, 15) is 4.79 Å². The van der Waals surface area contributed by atoms with E-state index >= 15 is 0 Å². The SMILES string of the molecule is O=C(Nc1ccccc1-c1cn2ccsc2n1)c1cc2ccccc2[nH]1. The number of carbonyl (C=O) groups is 1. The van der Waals surface area contributed by atoms with Gasteiger partial charge in [0, 0.05) is 34.2 Å². The third kappa shape index (κ3) is 2.48. The number of aromatic nitrogens is 3. The van der Waals surface area contributed by atoms with Crippen molar-refractivity contribution in [3.05, 3.63) is 78.1 Å². The maximum Gasteiger partial charge on any atom is 0.272 e. The van der Waals surface area contributed by atoms with Gasteiger partial charge in [-0.15, -0.1) is 11.3 Å². The number of hydrogen-bond acceptors (Lipinski definition) is 3. The monoisotopic (exact) mass is 358 g/mol. The molecule has 0 aliphatic carbocycles. The fourth-order valence-corrected chi connectivity index (χ4v) is 3.76. The number of thiazole rings is 1. The second kappa shape index (κ2) is 5.86. The Labute approximate surface area is 152 Å². The Morgan fingerprint density at radius 3 is 2.85 bits per heavy atom. The average Bonchev–Trinajstić information content (AvgIpc) is 3.36. The number of rotatable bonds is 3. The molecular formula is C20H14N4OS. The molecule has 0 saturated carbocycles. The highest BCUT2D eigenvalue weighted by Gasteiger charge is 2.14. The van der Waals surface area contributed by atoms with Crippen LogP contribution in [0.2, 0.25) is 0 Å². The minimum atomic E-state index is -0.172. The second-order valence-corrected chi connectivity index (χ2v) is 6.86. The van der Waals surface area contributed by atoms with Crippen LogP contribution in [0.15, 0.2) is 72.4 Å². The fraction of sp³-hybridized carbons (Fsp3) is 0. The molecular weight excluding hydrogens is 344 g/mol. The summed E-state index contributed by atoms with van der Waals surface area (Å²) in [5.41, 5.74) is 3.95. The average molecular weight is 358 g/mol. The molecule has 5 rings (SSSR count). The normalized spacial score (nSPS) is 11.2. The number of fused-ring (bicyclic) bond motifs is 2. The zero-order chi connectivity index (χ0) is 17.5. The summed E-state index contributed by atoms with van der Waals surface area (Å²) < 4.78 is 1.98. The minimum Gasteiger partial charge on any atom is -0.351 e. The maximum atomic E-state index is 12.7. The topological polar surface area (TPSA) is 62.2 Å². The van der Waals surface area contributed by atoms with Crippen LogP contribution in [0.3, 0.4) is 0 Å². The number of nitrogens with zero attached hydrogens (tertiary/aromatic N) is 2. The van der Waals surface area contributed by atoms with Gasteiger partial charge in [0.25, 0.3) is 5.91 Å². The Morgan fingerprint density at radius 1 is 1.12 bits per heavy atom. The van der Waals surface area contributed by atoms with Crippen molar-refractivity contribution in [2.75, 3.05) is 5.32 Å². The summed E-state index contributed by atoms with van der Waals surface area (Å²) in [5.74, 6) is -0.172. The molecule has 5 aromatic rings. The van der Waals surface area contributed by atoms with Crippen molar-refractivity contribution >= 4 is 38.8 Å². The zero-order valence-corrected chi connectivity index (χ0v) is 14.5. The van der Waals surface area contributed by atoms with Gasteiger partial charge in [0.05, 0.1) is 11.4 Å². The van der Waals surface area contributed by atoms with Gasteiger partial charge in [-0.05, 0) is 18.2 Å². The Morgan fingerprint density at radius 2 is 1.96 bits per heavy atom. The van der Waals surface area contributed by atoms with E-state index in [1.807, 2.05) is 76.8 Å². The van der Waals surface area contributed by atoms with Crippen molar-refractivity contribution < 1.29 is 4.79 Å². The summed E-state index contributed by atoms with van der Waals surface area (Å²) in [6, 6.07) is 17.4. The number of para-hydroxylation sites is 2. The van der Waals surface area contributed by atoms with E-state index in [0.29, 0.717) is 5.69 Å². The summed E-state index contributed by atoms with van der Waals surface area (Å²) in [7, 11) is 0. The first-order chi connectivity index (χ1) is 12.8. The third-order valence-corrected chi connectivity index (χ3v) is 5.09. The van der Waals surface area contributed by atoms with Gasteiger partial charge < -0.3 is 10.3 Å². The minimum absolute atomic E-state index is 0.172. The second-order valence-electron chi connectivity index (χ2n) is 5.99. The lowest BCUT2D eigenvalue weighted by Gasteiger charge is -2.08. The molecule has 0 radical (unpaired) electrons. The summed E-state index contributed by atoms with van der Waals surface area (Å²) in [6.07, 6.45) is 3.95. The lowest BCUT2D eigenvalue weighted by atomic mass is 10.1. The standard InChI is InChI=1S/C20H14N4OS/c25-19(17-11-13-5-1-3-7-15(13)21-17)22-16-8-4-2-6-14(16)18-12-24-9-10-26-20(24)23-18/h1-12,21H,(H,22,25). The van der Waals surface area contributed by atoms with E-state index in [0.717, 1.165) is 32.8 Å². The summed E-state index contributed by atoms with van der Waals surface area (Å²) in [6.45, 7) is 0. The van der Waals surface area contributed by atoms with Crippen LogP contribution >= 0.6 is 11.3 Å². The Kier molecular flexibility index (Phi) is 3.36. The molecule has 3 heterocycles. The summed E-state index contributed by atoms with van der Waals surface area (Å²) in [4.78, 5) is 21.5. The molecule has 6 heteroatoms. The van der Waals surface area contributed by atoms with Crippen molar-refractivity contribution in [3.8, 4) is 11.3 Å². The van der Waals surface area contributed by atoms with E-state index in [-0.39, 0.29) is 5.91 Å². The van der Waals surface area contributed by atoms with Gasteiger partial charge in [-0.1, -0.05) is 36.4 Å². The quantitative estimate of drug-likeness (QED) is 0.487. The predicted molar refractivity (Wildman–Crippen MR) is 105 cm³/mol. The van der Waals surface area contributed by atoms with Gasteiger partial charge in [-0.3, -0.25) is 9.20 Å². The number of hydrogen-bond donors (Lipinski definition) is 2. The van der Waals surface area contributed by atoms with E-state index in [1.54, 1.807) is 11.3 Å². The van der Waals surface area contributed by atoms with Crippen LogP contribution < -0.4 is 5.32 Å². The van der Waals surface area contributed by atoms with Crippen LogP contribution in [-0.2, 0) is 0 Å². The Balaban J connectivity index is 1.50. The molecule has 2 aromatic carbocycles.